The summed E-state index contributed by atoms with van der Waals surface area (Å²) in [6, 6.07) is 5.72. The Labute approximate surface area is 111 Å². The summed E-state index contributed by atoms with van der Waals surface area (Å²) in [7, 11) is 1.68. The highest BCUT2D eigenvalue weighted by Gasteiger charge is 2.35. The molecule has 19 heavy (non-hydrogen) atoms. The van der Waals surface area contributed by atoms with Gasteiger partial charge in [0.25, 0.3) is 5.89 Å². The maximum Gasteiger partial charge on any atom is 0.260 e. The first-order valence-corrected chi connectivity index (χ1v) is 6.42. The summed E-state index contributed by atoms with van der Waals surface area (Å²) >= 11 is 0. The highest BCUT2D eigenvalue weighted by atomic mass is 16.5. The van der Waals surface area contributed by atoms with Gasteiger partial charge in [-0.25, -0.2) is 0 Å². The van der Waals surface area contributed by atoms with Crippen LogP contribution in [0.2, 0.25) is 0 Å². The molecule has 5 nitrogen and oxygen atoms in total. The quantitative estimate of drug-likeness (QED) is 0.854. The maximum absolute atomic E-state index is 5.98. The molecule has 0 spiro atoms. The van der Waals surface area contributed by atoms with E-state index in [1.165, 1.54) is 0 Å². The number of methoxy groups -OCH3 is 1. The third-order valence-corrected chi connectivity index (χ3v) is 3.52. The van der Waals surface area contributed by atoms with E-state index in [0.29, 0.717) is 23.3 Å². The number of aryl methyl sites for hydroxylation is 1. The fourth-order valence-corrected chi connectivity index (χ4v) is 2.34. The lowest BCUT2D eigenvalue weighted by atomic mass is 10.1. The predicted molar refractivity (Wildman–Crippen MR) is 71.4 cm³/mol. The van der Waals surface area contributed by atoms with E-state index in [1.807, 2.05) is 25.1 Å². The van der Waals surface area contributed by atoms with Gasteiger partial charge in [-0.2, -0.15) is 4.98 Å². The molecule has 5 heteroatoms. The molecule has 0 radical (unpaired) electrons. The van der Waals surface area contributed by atoms with Crippen LogP contribution in [0.3, 0.4) is 0 Å². The number of ether oxygens (including phenoxy) is 1. The molecule has 2 N–H and O–H groups in total. The molecular weight excluding hydrogens is 242 g/mol. The molecule has 1 aliphatic rings. The number of nitrogen functional groups attached to an aromatic ring is 1. The number of anilines is 1. The topological polar surface area (TPSA) is 74.2 Å². The monoisotopic (exact) mass is 259 g/mol. The van der Waals surface area contributed by atoms with Crippen molar-refractivity contribution in [1.29, 1.82) is 0 Å². The summed E-state index contributed by atoms with van der Waals surface area (Å²) in [6.45, 7) is 1.98. The molecule has 3 rings (SSSR count). The van der Waals surface area contributed by atoms with Gasteiger partial charge < -0.3 is 15.0 Å². The first-order valence-electron chi connectivity index (χ1n) is 6.42. The van der Waals surface area contributed by atoms with E-state index < -0.39 is 0 Å². The van der Waals surface area contributed by atoms with Crippen LogP contribution in [0.25, 0.3) is 11.5 Å². The van der Waals surface area contributed by atoms with Gasteiger partial charge in [0, 0.05) is 12.8 Å². The number of rotatable bonds is 4. The largest absolute Gasteiger partial charge is 0.398 e. The van der Waals surface area contributed by atoms with Crippen LogP contribution in [0.1, 0.15) is 30.3 Å². The van der Waals surface area contributed by atoms with E-state index in [1.54, 1.807) is 7.11 Å². The zero-order valence-corrected chi connectivity index (χ0v) is 11.1. The van der Waals surface area contributed by atoms with Crippen LogP contribution in [0, 0.1) is 12.8 Å². The maximum atomic E-state index is 5.98. The predicted octanol–water partition coefficient (Wildman–Crippen LogP) is 2.72. The summed E-state index contributed by atoms with van der Waals surface area (Å²) in [5.74, 6) is 1.60. The van der Waals surface area contributed by atoms with Gasteiger partial charge in [0.15, 0.2) is 0 Å². The number of benzene rings is 1. The van der Waals surface area contributed by atoms with Gasteiger partial charge in [0.05, 0.1) is 5.56 Å². The summed E-state index contributed by atoms with van der Waals surface area (Å²) < 4.78 is 10.8. The van der Waals surface area contributed by atoms with Crippen molar-refractivity contribution in [2.45, 2.75) is 25.9 Å². The van der Waals surface area contributed by atoms with Gasteiger partial charge in [-0.15, -0.1) is 0 Å². The molecule has 1 aliphatic carbocycles. The zero-order valence-electron chi connectivity index (χ0n) is 11.1. The van der Waals surface area contributed by atoms with Crippen molar-refractivity contribution < 1.29 is 9.26 Å². The molecule has 1 fully saturated rings. The van der Waals surface area contributed by atoms with E-state index in [2.05, 4.69) is 10.1 Å². The Morgan fingerprint density at radius 1 is 1.42 bits per heavy atom. The standard InChI is InChI=1S/C14H17N3O2/c1-8-4-3-5-10(15)11(8)14-16-13(17-19-14)12(18-2)9-6-7-9/h3-5,9,12H,6-7,15H2,1-2H3. The molecule has 0 aliphatic heterocycles. The Kier molecular flexibility index (Phi) is 2.98. The van der Waals surface area contributed by atoms with Gasteiger partial charge in [0.1, 0.15) is 6.10 Å². The second-order valence-electron chi connectivity index (χ2n) is 4.99. The highest BCUT2D eigenvalue weighted by molar-refractivity contribution is 5.73. The second-order valence-corrected chi connectivity index (χ2v) is 4.99. The number of nitrogens with zero attached hydrogens (tertiary/aromatic N) is 2. The minimum absolute atomic E-state index is 0.0669. The summed E-state index contributed by atoms with van der Waals surface area (Å²) in [5, 5.41) is 4.04. The van der Waals surface area contributed by atoms with Gasteiger partial charge in [-0.05, 0) is 37.3 Å². The molecule has 100 valence electrons. The first-order chi connectivity index (χ1) is 9.20. The van der Waals surface area contributed by atoms with E-state index in [9.17, 15) is 0 Å². The molecule has 2 aromatic rings. The van der Waals surface area contributed by atoms with Crippen molar-refractivity contribution in [3.05, 3.63) is 29.6 Å². The fourth-order valence-electron chi connectivity index (χ4n) is 2.34. The number of nitrogens with two attached hydrogens (primary N) is 1. The normalized spacial score (nSPS) is 16.5. The Morgan fingerprint density at radius 3 is 2.84 bits per heavy atom. The third-order valence-electron chi connectivity index (χ3n) is 3.52. The van der Waals surface area contributed by atoms with Crippen molar-refractivity contribution in [2.75, 3.05) is 12.8 Å². The summed E-state index contributed by atoms with van der Waals surface area (Å²) in [6.07, 6.45) is 2.26. The van der Waals surface area contributed by atoms with Crippen molar-refractivity contribution in [1.82, 2.24) is 10.1 Å². The molecule has 1 unspecified atom stereocenters. The lowest BCUT2D eigenvalue weighted by Crippen LogP contribution is -2.05. The van der Waals surface area contributed by atoms with Crippen molar-refractivity contribution in [3.8, 4) is 11.5 Å². The SMILES string of the molecule is COC(c1noc(-c2c(C)cccc2N)n1)C1CC1. The van der Waals surface area contributed by atoms with Crippen LogP contribution in [-0.2, 0) is 4.74 Å². The lowest BCUT2D eigenvalue weighted by Gasteiger charge is -2.08. The van der Waals surface area contributed by atoms with Crippen LogP contribution < -0.4 is 5.73 Å². The van der Waals surface area contributed by atoms with Crippen molar-refractivity contribution >= 4 is 5.69 Å². The molecule has 0 saturated heterocycles. The molecule has 1 saturated carbocycles. The summed E-state index contributed by atoms with van der Waals surface area (Å²) in [4.78, 5) is 4.45. The molecule has 1 atom stereocenters. The average molecular weight is 259 g/mol. The number of aromatic nitrogens is 2. The van der Waals surface area contributed by atoms with Crippen LogP contribution in [-0.4, -0.2) is 17.3 Å². The third kappa shape index (κ3) is 2.21. The summed E-state index contributed by atoms with van der Waals surface area (Å²) in [5.41, 5.74) is 8.47. The van der Waals surface area contributed by atoms with E-state index in [0.717, 1.165) is 24.0 Å². The van der Waals surface area contributed by atoms with Crippen LogP contribution in [0.5, 0.6) is 0 Å². The smallest absolute Gasteiger partial charge is 0.260 e. The lowest BCUT2D eigenvalue weighted by molar-refractivity contribution is 0.0751. The van der Waals surface area contributed by atoms with E-state index >= 15 is 0 Å². The number of hydrogen-bond acceptors (Lipinski definition) is 5. The minimum Gasteiger partial charge on any atom is -0.398 e. The van der Waals surface area contributed by atoms with Crippen molar-refractivity contribution in [2.24, 2.45) is 5.92 Å². The van der Waals surface area contributed by atoms with Crippen molar-refractivity contribution in [3.63, 3.8) is 0 Å². The molecule has 1 aromatic heterocycles. The number of hydrogen-bond donors (Lipinski definition) is 1. The minimum atomic E-state index is -0.0669. The molecular formula is C14H17N3O2. The van der Waals surface area contributed by atoms with E-state index in [4.69, 9.17) is 15.0 Å². The Balaban J connectivity index is 1.96. The Bertz CT molecular complexity index is 570. The van der Waals surface area contributed by atoms with Gasteiger partial charge >= 0.3 is 0 Å². The average Bonchev–Trinajstić information content (AvgIpc) is 3.10. The Hall–Kier alpha value is -1.88. The molecule has 1 heterocycles. The first kappa shape index (κ1) is 12.2. The molecule has 0 bridgehead atoms. The fraction of sp³-hybridized carbons (Fsp3) is 0.429. The molecule has 1 aromatic carbocycles. The highest BCUT2D eigenvalue weighted by Crippen LogP contribution is 2.42. The van der Waals surface area contributed by atoms with Gasteiger partial charge in [0.2, 0.25) is 5.82 Å². The van der Waals surface area contributed by atoms with Crippen LogP contribution in [0.15, 0.2) is 22.7 Å². The van der Waals surface area contributed by atoms with Gasteiger partial charge in [-0.1, -0.05) is 17.3 Å². The van der Waals surface area contributed by atoms with Crippen LogP contribution >= 0.6 is 0 Å². The Morgan fingerprint density at radius 2 is 2.21 bits per heavy atom. The van der Waals surface area contributed by atoms with Crippen LogP contribution in [0.4, 0.5) is 5.69 Å². The molecule has 0 amide bonds. The van der Waals surface area contributed by atoms with E-state index in [-0.39, 0.29) is 6.10 Å². The zero-order chi connectivity index (χ0) is 13.4. The second kappa shape index (κ2) is 4.66. The van der Waals surface area contributed by atoms with Gasteiger partial charge in [-0.3, -0.25) is 0 Å².